The quantitative estimate of drug-likeness (QED) is 0.854. The Morgan fingerprint density at radius 2 is 2.27 bits per heavy atom. The van der Waals surface area contributed by atoms with Crippen LogP contribution in [0.4, 0.5) is 0 Å². The molecule has 1 aromatic rings. The fraction of sp³-hybridized carbons (Fsp3) is 0.500. The highest BCUT2D eigenvalue weighted by Crippen LogP contribution is 2.32. The van der Waals surface area contributed by atoms with Crippen LogP contribution in [0.25, 0.3) is 0 Å². The summed E-state index contributed by atoms with van der Waals surface area (Å²) in [5, 5.41) is 4.17. The van der Waals surface area contributed by atoms with Gasteiger partial charge in [-0.1, -0.05) is 29.8 Å². The molecule has 0 radical (unpaired) electrons. The Morgan fingerprint density at radius 3 is 2.87 bits per heavy atom. The van der Waals surface area contributed by atoms with Gasteiger partial charge in [0.1, 0.15) is 0 Å². The highest BCUT2D eigenvalue weighted by atomic mass is 35.5. The van der Waals surface area contributed by atoms with Gasteiger partial charge in [0, 0.05) is 23.6 Å². The van der Waals surface area contributed by atoms with Crippen molar-refractivity contribution in [3.63, 3.8) is 0 Å². The number of ether oxygens (including phenoxy) is 1. The molecule has 1 aromatic carbocycles. The van der Waals surface area contributed by atoms with E-state index in [0.29, 0.717) is 12.0 Å². The molecule has 15 heavy (non-hydrogen) atoms. The molecule has 2 atom stereocenters. The van der Waals surface area contributed by atoms with Crippen LogP contribution in [-0.4, -0.2) is 20.3 Å². The molecule has 2 unspecified atom stereocenters. The normalized spacial score (nSPS) is 22.9. The second-order valence-electron chi connectivity index (χ2n) is 3.91. The zero-order chi connectivity index (χ0) is 10.7. The zero-order valence-electron chi connectivity index (χ0n) is 8.87. The average molecular weight is 226 g/mol. The molecule has 82 valence electrons. The summed E-state index contributed by atoms with van der Waals surface area (Å²) < 4.78 is 5.42. The Balaban J connectivity index is 2.22. The van der Waals surface area contributed by atoms with Gasteiger partial charge in [-0.2, -0.15) is 0 Å². The molecule has 0 spiro atoms. The molecule has 1 saturated heterocycles. The van der Waals surface area contributed by atoms with Crippen molar-refractivity contribution < 1.29 is 4.74 Å². The zero-order valence-corrected chi connectivity index (χ0v) is 9.63. The van der Waals surface area contributed by atoms with Crippen LogP contribution in [0.1, 0.15) is 18.0 Å². The van der Waals surface area contributed by atoms with Crippen LogP contribution in [-0.2, 0) is 4.74 Å². The Kier molecular flexibility index (Phi) is 3.62. The Hall–Kier alpha value is -0.570. The molecule has 0 bridgehead atoms. The maximum absolute atomic E-state index is 6.20. The molecule has 0 amide bonds. The molecule has 1 N–H and O–H groups in total. The summed E-state index contributed by atoms with van der Waals surface area (Å²) in [6.45, 7) is 1.70. The topological polar surface area (TPSA) is 21.3 Å². The molecule has 1 fully saturated rings. The van der Waals surface area contributed by atoms with Crippen molar-refractivity contribution in [1.29, 1.82) is 0 Å². The lowest BCUT2D eigenvalue weighted by molar-refractivity contribution is 0.178. The van der Waals surface area contributed by atoms with E-state index in [0.717, 1.165) is 24.7 Å². The number of benzene rings is 1. The lowest BCUT2D eigenvalue weighted by atomic mass is 9.92. The van der Waals surface area contributed by atoms with Crippen LogP contribution in [0.5, 0.6) is 0 Å². The van der Waals surface area contributed by atoms with Crippen LogP contribution in [0.2, 0.25) is 5.02 Å². The molecule has 1 aliphatic heterocycles. The second-order valence-corrected chi connectivity index (χ2v) is 4.32. The molecular formula is C12H16ClNO. The number of nitrogens with one attached hydrogen (secondary N) is 1. The standard InChI is InChI=1S/C12H16ClNO/c1-14-12(9-6-7-15-8-9)10-4-2-3-5-11(10)13/h2-5,9,12,14H,6-8H2,1H3. The summed E-state index contributed by atoms with van der Waals surface area (Å²) in [5.74, 6) is 0.537. The van der Waals surface area contributed by atoms with Crippen molar-refractivity contribution in [2.24, 2.45) is 5.92 Å². The summed E-state index contributed by atoms with van der Waals surface area (Å²) in [6, 6.07) is 8.32. The van der Waals surface area contributed by atoms with E-state index in [4.69, 9.17) is 16.3 Å². The lowest BCUT2D eigenvalue weighted by Gasteiger charge is -2.23. The van der Waals surface area contributed by atoms with E-state index in [1.54, 1.807) is 0 Å². The first-order chi connectivity index (χ1) is 7.33. The Labute approximate surface area is 95.6 Å². The minimum Gasteiger partial charge on any atom is -0.381 e. The van der Waals surface area contributed by atoms with E-state index >= 15 is 0 Å². The molecule has 3 heteroatoms. The summed E-state index contributed by atoms with van der Waals surface area (Å²) in [4.78, 5) is 0. The minimum atomic E-state index is 0.307. The highest BCUT2D eigenvalue weighted by Gasteiger charge is 2.26. The van der Waals surface area contributed by atoms with Gasteiger partial charge in [-0.25, -0.2) is 0 Å². The monoisotopic (exact) mass is 225 g/mol. The highest BCUT2D eigenvalue weighted by molar-refractivity contribution is 6.31. The largest absolute Gasteiger partial charge is 0.381 e. The number of rotatable bonds is 3. The molecule has 1 heterocycles. The average Bonchev–Trinajstić information content (AvgIpc) is 2.75. The molecule has 2 rings (SSSR count). The van der Waals surface area contributed by atoms with Gasteiger partial charge in [0.2, 0.25) is 0 Å². The summed E-state index contributed by atoms with van der Waals surface area (Å²) in [6.07, 6.45) is 1.11. The predicted molar refractivity (Wildman–Crippen MR) is 62.2 cm³/mol. The number of halogens is 1. The van der Waals surface area contributed by atoms with Gasteiger partial charge in [-0.3, -0.25) is 0 Å². The number of hydrogen-bond donors (Lipinski definition) is 1. The summed E-state index contributed by atoms with van der Waals surface area (Å²) >= 11 is 6.20. The number of hydrogen-bond acceptors (Lipinski definition) is 2. The fourth-order valence-electron chi connectivity index (χ4n) is 2.19. The molecule has 0 aliphatic carbocycles. The second kappa shape index (κ2) is 4.97. The summed E-state index contributed by atoms with van der Waals surface area (Å²) in [5.41, 5.74) is 1.18. The first kappa shape index (κ1) is 10.9. The van der Waals surface area contributed by atoms with Gasteiger partial charge < -0.3 is 10.1 Å². The van der Waals surface area contributed by atoms with Gasteiger partial charge in [0.05, 0.1) is 6.61 Å². The molecule has 1 aliphatic rings. The van der Waals surface area contributed by atoms with E-state index in [1.165, 1.54) is 5.56 Å². The van der Waals surface area contributed by atoms with Gasteiger partial charge in [0.25, 0.3) is 0 Å². The van der Waals surface area contributed by atoms with Crippen molar-refractivity contribution in [2.75, 3.05) is 20.3 Å². The van der Waals surface area contributed by atoms with E-state index in [1.807, 2.05) is 25.2 Å². The lowest BCUT2D eigenvalue weighted by Crippen LogP contribution is -2.25. The van der Waals surface area contributed by atoms with Crippen LogP contribution >= 0.6 is 11.6 Å². The van der Waals surface area contributed by atoms with Crippen molar-refractivity contribution in [3.8, 4) is 0 Å². The van der Waals surface area contributed by atoms with Gasteiger partial charge >= 0.3 is 0 Å². The van der Waals surface area contributed by atoms with Crippen LogP contribution in [0.3, 0.4) is 0 Å². The van der Waals surface area contributed by atoms with Gasteiger partial charge in [-0.15, -0.1) is 0 Å². The van der Waals surface area contributed by atoms with E-state index < -0.39 is 0 Å². The molecular weight excluding hydrogens is 210 g/mol. The SMILES string of the molecule is CNC(c1ccccc1Cl)C1CCOC1. The third kappa shape index (κ3) is 2.33. The molecule has 0 saturated carbocycles. The molecule has 0 aromatic heterocycles. The molecule has 2 nitrogen and oxygen atoms in total. The van der Waals surface area contributed by atoms with E-state index in [-0.39, 0.29) is 0 Å². The third-order valence-electron chi connectivity index (χ3n) is 2.99. The Bertz CT molecular complexity index is 323. The Morgan fingerprint density at radius 1 is 1.47 bits per heavy atom. The van der Waals surface area contributed by atoms with Gasteiger partial charge in [0.15, 0.2) is 0 Å². The van der Waals surface area contributed by atoms with E-state index in [2.05, 4.69) is 11.4 Å². The maximum atomic E-state index is 6.20. The first-order valence-electron chi connectivity index (χ1n) is 5.32. The maximum Gasteiger partial charge on any atom is 0.0513 e. The smallest absolute Gasteiger partial charge is 0.0513 e. The van der Waals surface area contributed by atoms with Crippen LogP contribution in [0.15, 0.2) is 24.3 Å². The van der Waals surface area contributed by atoms with Crippen molar-refractivity contribution in [3.05, 3.63) is 34.9 Å². The predicted octanol–water partition coefficient (Wildman–Crippen LogP) is 2.64. The van der Waals surface area contributed by atoms with Gasteiger partial charge in [-0.05, 0) is 25.1 Å². The van der Waals surface area contributed by atoms with Crippen molar-refractivity contribution in [2.45, 2.75) is 12.5 Å². The van der Waals surface area contributed by atoms with Crippen LogP contribution in [0, 0.1) is 5.92 Å². The minimum absolute atomic E-state index is 0.307. The van der Waals surface area contributed by atoms with Crippen molar-refractivity contribution in [1.82, 2.24) is 5.32 Å². The third-order valence-corrected chi connectivity index (χ3v) is 3.33. The fourth-order valence-corrected chi connectivity index (χ4v) is 2.44. The summed E-state index contributed by atoms with van der Waals surface area (Å²) in [7, 11) is 1.98. The van der Waals surface area contributed by atoms with E-state index in [9.17, 15) is 0 Å². The van der Waals surface area contributed by atoms with Crippen LogP contribution < -0.4 is 5.32 Å². The van der Waals surface area contributed by atoms with Crippen molar-refractivity contribution >= 4 is 11.6 Å². The first-order valence-corrected chi connectivity index (χ1v) is 5.70.